The molecular weight excluding hydrogens is 250 g/mol. The van der Waals surface area contributed by atoms with E-state index in [1.807, 2.05) is 56.3 Å². The highest BCUT2D eigenvalue weighted by Crippen LogP contribution is 2.42. The maximum Gasteiger partial charge on any atom is 0.229 e. The molecule has 0 saturated heterocycles. The van der Waals surface area contributed by atoms with Gasteiger partial charge in [-0.25, -0.2) is 0 Å². The number of carbonyl (C=O) groups excluding carboxylic acids is 2. The highest BCUT2D eigenvalue weighted by molar-refractivity contribution is 5.97. The lowest BCUT2D eigenvalue weighted by Gasteiger charge is -2.41. The lowest BCUT2D eigenvalue weighted by atomic mass is 9.60. The van der Waals surface area contributed by atoms with Gasteiger partial charge in [0.1, 0.15) is 5.78 Å². The molecule has 0 spiro atoms. The van der Waals surface area contributed by atoms with Crippen LogP contribution in [0.2, 0.25) is 0 Å². The molecule has 3 nitrogen and oxygen atoms in total. The summed E-state index contributed by atoms with van der Waals surface area (Å²) in [4.78, 5) is 24.7. The molecule has 1 aromatic rings. The van der Waals surface area contributed by atoms with Crippen molar-refractivity contribution >= 4 is 11.7 Å². The minimum atomic E-state index is -0.963. The summed E-state index contributed by atoms with van der Waals surface area (Å²) in [6, 6.07) is 9.44. The van der Waals surface area contributed by atoms with Gasteiger partial charge in [0.25, 0.3) is 0 Å². The molecule has 106 valence electrons. The SMILES string of the molecule is CC(C)C(C(N)=O)(c1ccccc1)C1C=CCCC1=O. The first-order chi connectivity index (χ1) is 9.51. The van der Waals surface area contributed by atoms with Crippen LogP contribution in [0.3, 0.4) is 0 Å². The molecule has 2 rings (SSSR count). The Morgan fingerprint density at radius 1 is 1.30 bits per heavy atom. The van der Waals surface area contributed by atoms with Gasteiger partial charge in [0.05, 0.1) is 11.3 Å². The Hall–Kier alpha value is -1.90. The van der Waals surface area contributed by atoms with E-state index in [4.69, 9.17) is 5.73 Å². The van der Waals surface area contributed by atoms with Gasteiger partial charge in [-0.15, -0.1) is 0 Å². The number of benzene rings is 1. The number of ketones is 1. The van der Waals surface area contributed by atoms with Crippen LogP contribution in [0.25, 0.3) is 0 Å². The molecular formula is C17H21NO2. The lowest BCUT2D eigenvalue weighted by Crippen LogP contribution is -2.53. The molecule has 0 fully saturated rings. The first-order valence-electron chi connectivity index (χ1n) is 7.06. The van der Waals surface area contributed by atoms with Crippen LogP contribution < -0.4 is 5.73 Å². The smallest absolute Gasteiger partial charge is 0.229 e. The van der Waals surface area contributed by atoms with E-state index in [9.17, 15) is 9.59 Å². The van der Waals surface area contributed by atoms with Crippen molar-refractivity contribution in [1.82, 2.24) is 0 Å². The second-order valence-electron chi connectivity index (χ2n) is 5.66. The Balaban J connectivity index is 2.65. The Morgan fingerprint density at radius 3 is 2.45 bits per heavy atom. The van der Waals surface area contributed by atoms with Gasteiger partial charge in [-0.3, -0.25) is 9.59 Å². The molecule has 1 aliphatic rings. The number of hydrogen-bond acceptors (Lipinski definition) is 2. The van der Waals surface area contributed by atoms with Crippen molar-refractivity contribution in [3.05, 3.63) is 48.0 Å². The van der Waals surface area contributed by atoms with E-state index < -0.39 is 17.2 Å². The fourth-order valence-electron chi connectivity index (χ4n) is 3.29. The summed E-state index contributed by atoms with van der Waals surface area (Å²) in [5, 5.41) is 0. The summed E-state index contributed by atoms with van der Waals surface area (Å²) in [6.07, 6.45) is 5.07. The highest BCUT2D eigenvalue weighted by atomic mass is 16.2. The molecule has 0 saturated carbocycles. The third-order valence-corrected chi connectivity index (χ3v) is 4.29. The average Bonchev–Trinajstić information content (AvgIpc) is 2.42. The Bertz CT molecular complexity index is 533. The molecule has 2 atom stereocenters. The molecule has 2 unspecified atom stereocenters. The van der Waals surface area contributed by atoms with E-state index in [1.54, 1.807) is 0 Å². The Kier molecular flexibility index (Phi) is 4.07. The van der Waals surface area contributed by atoms with Crippen LogP contribution in [0.5, 0.6) is 0 Å². The maximum atomic E-state index is 12.4. The van der Waals surface area contributed by atoms with Crippen LogP contribution in [0.1, 0.15) is 32.3 Å². The van der Waals surface area contributed by atoms with Crippen molar-refractivity contribution in [2.24, 2.45) is 17.6 Å². The van der Waals surface area contributed by atoms with E-state index >= 15 is 0 Å². The molecule has 0 aliphatic heterocycles. The van der Waals surface area contributed by atoms with Crippen molar-refractivity contribution in [3.8, 4) is 0 Å². The van der Waals surface area contributed by atoms with Crippen LogP contribution in [-0.4, -0.2) is 11.7 Å². The molecule has 20 heavy (non-hydrogen) atoms. The molecule has 2 N–H and O–H groups in total. The third-order valence-electron chi connectivity index (χ3n) is 4.29. The number of allylic oxidation sites excluding steroid dienone is 2. The second-order valence-corrected chi connectivity index (χ2v) is 5.66. The van der Waals surface area contributed by atoms with Crippen molar-refractivity contribution in [2.45, 2.75) is 32.1 Å². The summed E-state index contributed by atoms with van der Waals surface area (Å²) in [6.45, 7) is 3.90. The molecule has 1 aromatic carbocycles. The maximum absolute atomic E-state index is 12.4. The number of rotatable bonds is 4. The van der Waals surface area contributed by atoms with Crippen molar-refractivity contribution < 1.29 is 9.59 Å². The van der Waals surface area contributed by atoms with Crippen LogP contribution in [-0.2, 0) is 15.0 Å². The fourth-order valence-corrected chi connectivity index (χ4v) is 3.29. The van der Waals surface area contributed by atoms with Gasteiger partial charge in [0.15, 0.2) is 0 Å². The van der Waals surface area contributed by atoms with Crippen molar-refractivity contribution in [1.29, 1.82) is 0 Å². The molecule has 3 heteroatoms. The summed E-state index contributed by atoms with van der Waals surface area (Å²) in [5.74, 6) is -0.845. The van der Waals surface area contributed by atoms with Crippen LogP contribution in [0.15, 0.2) is 42.5 Å². The van der Waals surface area contributed by atoms with E-state index in [-0.39, 0.29) is 11.7 Å². The largest absolute Gasteiger partial charge is 0.369 e. The Labute approximate surface area is 119 Å². The normalized spacial score (nSPS) is 21.8. The zero-order chi connectivity index (χ0) is 14.8. The summed E-state index contributed by atoms with van der Waals surface area (Å²) in [5.41, 5.74) is 5.64. The molecule has 1 aliphatic carbocycles. The van der Waals surface area contributed by atoms with Gasteiger partial charge in [0, 0.05) is 6.42 Å². The van der Waals surface area contributed by atoms with E-state index in [0.717, 1.165) is 12.0 Å². The number of primary amides is 1. The van der Waals surface area contributed by atoms with Gasteiger partial charge in [-0.2, -0.15) is 0 Å². The monoisotopic (exact) mass is 271 g/mol. The number of Topliss-reactive ketones (excluding diaryl/α,β-unsaturated/α-hetero) is 1. The minimum absolute atomic E-state index is 0.0564. The number of nitrogens with two attached hydrogens (primary N) is 1. The number of hydrogen-bond donors (Lipinski definition) is 1. The van der Waals surface area contributed by atoms with Gasteiger partial charge < -0.3 is 5.73 Å². The molecule has 0 heterocycles. The minimum Gasteiger partial charge on any atom is -0.369 e. The Morgan fingerprint density at radius 2 is 1.95 bits per heavy atom. The third kappa shape index (κ3) is 2.17. The molecule has 0 aromatic heterocycles. The second kappa shape index (κ2) is 5.61. The lowest BCUT2D eigenvalue weighted by molar-refractivity contribution is -0.134. The zero-order valence-corrected chi connectivity index (χ0v) is 12.0. The van der Waals surface area contributed by atoms with Crippen LogP contribution >= 0.6 is 0 Å². The fraction of sp³-hybridized carbons (Fsp3) is 0.412. The van der Waals surface area contributed by atoms with Gasteiger partial charge in [-0.05, 0) is 17.9 Å². The first-order valence-corrected chi connectivity index (χ1v) is 7.06. The topological polar surface area (TPSA) is 60.2 Å². The van der Waals surface area contributed by atoms with Crippen molar-refractivity contribution in [2.75, 3.05) is 0 Å². The molecule has 0 radical (unpaired) electrons. The zero-order valence-electron chi connectivity index (χ0n) is 12.0. The van der Waals surface area contributed by atoms with Crippen LogP contribution in [0, 0.1) is 11.8 Å². The quantitative estimate of drug-likeness (QED) is 0.856. The van der Waals surface area contributed by atoms with Gasteiger partial charge in [0.2, 0.25) is 5.91 Å². The standard InChI is InChI=1S/C17H21NO2/c1-12(2)17(16(18)20,13-8-4-3-5-9-13)14-10-6-7-11-15(14)19/h3-6,8-10,12,14H,7,11H2,1-2H3,(H2,18,20). The van der Waals surface area contributed by atoms with E-state index in [1.165, 1.54) is 0 Å². The molecule has 0 bridgehead atoms. The van der Waals surface area contributed by atoms with E-state index in [0.29, 0.717) is 6.42 Å². The van der Waals surface area contributed by atoms with Crippen LogP contribution in [0.4, 0.5) is 0 Å². The predicted molar refractivity (Wildman–Crippen MR) is 79.0 cm³/mol. The summed E-state index contributed by atoms with van der Waals surface area (Å²) < 4.78 is 0. The highest BCUT2D eigenvalue weighted by Gasteiger charge is 2.50. The first kappa shape index (κ1) is 14.5. The molecule has 1 amide bonds. The summed E-state index contributed by atoms with van der Waals surface area (Å²) in [7, 11) is 0. The average molecular weight is 271 g/mol. The van der Waals surface area contributed by atoms with Crippen molar-refractivity contribution in [3.63, 3.8) is 0 Å². The summed E-state index contributed by atoms with van der Waals surface area (Å²) >= 11 is 0. The van der Waals surface area contributed by atoms with Gasteiger partial charge in [-0.1, -0.05) is 56.3 Å². The van der Waals surface area contributed by atoms with E-state index in [2.05, 4.69) is 0 Å². The number of carbonyl (C=O) groups is 2. The number of amides is 1. The van der Waals surface area contributed by atoms with Gasteiger partial charge >= 0.3 is 0 Å². The predicted octanol–water partition coefficient (Wildman–Crippen LogP) is 2.60.